The van der Waals surface area contributed by atoms with Crippen LogP contribution in [0.25, 0.3) is 0 Å². The first-order valence-electron chi connectivity index (χ1n) is 6.44. The van der Waals surface area contributed by atoms with Crippen molar-refractivity contribution in [1.82, 2.24) is 9.97 Å². The Balaban J connectivity index is 2.10. The van der Waals surface area contributed by atoms with E-state index in [1.807, 2.05) is 19.9 Å². The van der Waals surface area contributed by atoms with Gasteiger partial charge in [-0.15, -0.1) is 0 Å². The van der Waals surface area contributed by atoms with Gasteiger partial charge in [-0.1, -0.05) is 13.8 Å². The zero-order valence-electron chi connectivity index (χ0n) is 11.5. The molecule has 0 aliphatic heterocycles. The molecule has 3 N–H and O–H groups in total. The number of hydrogen-bond donors (Lipinski definition) is 2. The van der Waals surface area contributed by atoms with Crippen molar-refractivity contribution < 1.29 is 4.74 Å². The van der Waals surface area contributed by atoms with Crippen molar-refractivity contribution in [2.24, 2.45) is 11.1 Å². The van der Waals surface area contributed by atoms with Crippen LogP contribution in [0.15, 0.2) is 6.07 Å². The summed E-state index contributed by atoms with van der Waals surface area (Å²) in [6.45, 7) is 8.82. The largest absolute Gasteiger partial charge is 0.478 e. The minimum absolute atomic E-state index is 0.0822. The van der Waals surface area contributed by atoms with E-state index in [0.29, 0.717) is 24.5 Å². The minimum atomic E-state index is 0.0822. The highest BCUT2D eigenvalue weighted by atomic mass is 16.5. The molecule has 1 fully saturated rings. The first-order chi connectivity index (χ1) is 8.43. The molecule has 0 aromatic carbocycles. The highest BCUT2D eigenvalue weighted by Gasteiger charge is 2.46. The van der Waals surface area contributed by atoms with E-state index in [1.165, 1.54) is 0 Å². The highest BCUT2D eigenvalue weighted by Crippen LogP contribution is 2.40. The molecule has 5 heteroatoms. The molecule has 100 valence electrons. The van der Waals surface area contributed by atoms with Crippen LogP contribution in [0.3, 0.4) is 0 Å². The molecule has 1 heterocycles. The molecule has 0 saturated heterocycles. The molecule has 0 spiro atoms. The lowest BCUT2D eigenvalue weighted by Crippen LogP contribution is -2.61. The molecule has 1 aromatic rings. The fourth-order valence-electron chi connectivity index (χ4n) is 2.19. The third-order valence-corrected chi connectivity index (χ3v) is 3.77. The van der Waals surface area contributed by atoms with Crippen molar-refractivity contribution >= 4 is 5.95 Å². The van der Waals surface area contributed by atoms with E-state index in [9.17, 15) is 0 Å². The second-order valence-electron chi connectivity index (χ2n) is 5.46. The van der Waals surface area contributed by atoms with Gasteiger partial charge in [0.2, 0.25) is 11.8 Å². The monoisotopic (exact) mass is 250 g/mol. The van der Waals surface area contributed by atoms with Gasteiger partial charge in [0.05, 0.1) is 6.61 Å². The fourth-order valence-corrected chi connectivity index (χ4v) is 2.19. The summed E-state index contributed by atoms with van der Waals surface area (Å²) in [5, 5.41) is 3.36. The zero-order valence-corrected chi connectivity index (χ0v) is 11.5. The first-order valence-corrected chi connectivity index (χ1v) is 6.44. The van der Waals surface area contributed by atoms with Crippen molar-refractivity contribution in [3.63, 3.8) is 0 Å². The van der Waals surface area contributed by atoms with Crippen LogP contribution in [0.2, 0.25) is 0 Å². The molecule has 2 rings (SSSR count). The Labute approximate surface area is 108 Å². The number of nitrogens with zero attached hydrogens (tertiary/aromatic N) is 2. The Morgan fingerprint density at radius 1 is 1.50 bits per heavy atom. The van der Waals surface area contributed by atoms with Crippen LogP contribution in [0.5, 0.6) is 5.88 Å². The van der Waals surface area contributed by atoms with Gasteiger partial charge in [-0.05, 0) is 20.3 Å². The van der Waals surface area contributed by atoms with E-state index in [-0.39, 0.29) is 11.5 Å². The predicted molar refractivity (Wildman–Crippen MR) is 71.7 cm³/mol. The standard InChI is InChI=1S/C13H22N4O/c1-5-18-11-6-8(2)15-12(17-11)16-10-7-9(14)13(10,3)4/h6,9-10H,5,7,14H2,1-4H3,(H,15,16,17). The molecule has 0 radical (unpaired) electrons. The Hall–Kier alpha value is -1.36. The van der Waals surface area contributed by atoms with Gasteiger partial charge in [-0.2, -0.15) is 4.98 Å². The lowest BCUT2D eigenvalue weighted by atomic mass is 9.63. The Kier molecular flexibility index (Phi) is 3.43. The van der Waals surface area contributed by atoms with E-state index in [4.69, 9.17) is 10.5 Å². The summed E-state index contributed by atoms with van der Waals surface area (Å²) in [6, 6.07) is 2.40. The molecule has 18 heavy (non-hydrogen) atoms. The average Bonchev–Trinajstić information content (AvgIpc) is 2.28. The molecule has 1 saturated carbocycles. The number of aromatic nitrogens is 2. The predicted octanol–water partition coefficient (Wildman–Crippen LogP) is 1.72. The third kappa shape index (κ3) is 2.41. The quantitative estimate of drug-likeness (QED) is 0.851. The van der Waals surface area contributed by atoms with Gasteiger partial charge in [0.15, 0.2) is 0 Å². The van der Waals surface area contributed by atoms with Crippen LogP contribution in [-0.2, 0) is 0 Å². The maximum absolute atomic E-state index is 6.00. The molecule has 1 aliphatic carbocycles. The second kappa shape index (κ2) is 4.72. The highest BCUT2D eigenvalue weighted by molar-refractivity contribution is 5.34. The topological polar surface area (TPSA) is 73.1 Å². The summed E-state index contributed by atoms with van der Waals surface area (Å²) in [4.78, 5) is 8.74. The number of aryl methyl sites for hydroxylation is 1. The van der Waals surface area contributed by atoms with Crippen molar-refractivity contribution in [1.29, 1.82) is 0 Å². The Morgan fingerprint density at radius 3 is 2.78 bits per heavy atom. The fraction of sp³-hybridized carbons (Fsp3) is 0.692. The minimum Gasteiger partial charge on any atom is -0.478 e. The maximum Gasteiger partial charge on any atom is 0.226 e. The van der Waals surface area contributed by atoms with Crippen LogP contribution in [-0.4, -0.2) is 28.7 Å². The van der Waals surface area contributed by atoms with E-state index in [2.05, 4.69) is 29.1 Å². The molecule has 0 amide bonds. The van der Waals surface area contributed by atoms with Crippen LogP contribution < -0.4 is 15.8 Å². The smallest absolute Gasteiger partial charge is 0.226 e. The summed E-state index contributed by atoms with van der Waals surface area (Å²) in [5.41, 5.74) is 6.98. The van der Waals surface area contributed by atoms with Gasteiger partial charge in [0, 0.05) is 29.3 Å². The summed E-state index contributed by atoms with van der Waals surface area (Å²) in [6.07, 6.45) is 0.953. The number of hydrogen-bond acceptors (Lipinski definition) is 5. The number of anilines is 1. The summed E-state index contributed by atoms with van der Waals surface area (Å²) in [7, 11) is 0. The number of nitrogens with two attached hydrogens (primary N) is 1. The molecule has 0 bridgehead atoms. The van der Waals surface area contributed by atoms with Crippen molar-refractivity contribution in [3.8, 4) is 5.88 Å². The van der Waals surface area contributed by atoms with Gasteiger partial charge in [0.1, 0.15) is 0 Å². The van der Waals surface area contributed by atoms with Gasteiger partial charge in [0.25, 0.3) is 0 Å². The van der Waals surface area contributed by atoms with E-state index in [0.717, 1.165) is 12.1 Å². The summed E-state index contributed by atoms with van der Waals surface area (Å²) in [5.74, 6) is 1.25. The Morgan fingerprint density at radius 2 is 2.22 bits per heavy atom. The zero-order chi connectivity index (χ0) is 13.3. The summed E-state index contributed by atoms with van der Waals surface area (Å²) < 4.78 is 5.42. The van der Waals surface area contributed by atoms with E-state index >= 15 is 0 Å². The maximum atomic E-state index is 6.00. The SMILES string of the molecule is CCOc1cc(C)nc(NC2CC(N)C2(C)C)n1. The van der Waals surface area contributed by atoms with Crippen LogP contribution in [0, 0.1) is 12.3 Å². The third-order valence-electron chi connectivity index (χ3n) is 3.77. The van der Waals surface area contributed by atoms with Gasteiger partial charge in [-0.25, -0.2) is 4.98 Å². The molecule has 2 unspecified atom stereocenters. The number of nitrogens with one attached hydrogen (secondary N) is 1. The number of ether oxygens (including phenoxy) is 1. The molecular weight excluding hydrogens is 228 g/mol. The lowest BCUT2D eigenvalue weighted by Gasteiger charge is -2.50. The van der Waals surface area contributed by atoms with Crippen LogP contribution >= 0.6 is 0 Å². The average molecular weight is 250 g/mol. The molecule has 5 nitrogen and oxygen atoms in total. The van der Waals surface area contributed by atoms with Crippen LogP contribution in [0.4, 0.5) is 5.95 Å². The van der Waals surface area contributed by atoms with Gasteiger partial charge in [-0.3, -0.25) is 0 Å². The van der Waals surface area contributed by atoms with E-state index < -0.39 is 0 Å². The second-order valence-corrected chi connectivity index (χ2v) is 5.46. The van der Waals surface area contributed by atoms with E-state index in [1.54, 1.807) is 0 Å². The number of rotatable bonds is 4. The van der Waals surface area contributed by atoms with Crippen molar-refractivity contribution in [2.75, 3.05) is 11.9 Å². The normalized spacial score (nSPS) is 25.4. The first kappa shape index (κ1) is 13.1. The van der Waals surface area contributed by atoms with Crippen molar-refractivity contribution in [3.05, 3.63) is 11.8 Å². The molecule has 2 atom stereocenters. The van der Waals surface area contributed by atoms with Crippen LogP contribution in [0.1, 0.15) is 32.9 Å². The molecule has 1 aromatic heterocycles. The molecule has 1 aliphatic rings. The molecular formula is C13H22N4O. The lowest BCUT2D eigenvalue weighted by molar-refractivity contribution is 0.116. The van der Waals surface area contributed by atoms with Gasteiger partial charge < -0.3 is 15.8 Å². The van der Waals surface area contributed by atoms with Crippen molar-refractivity contribution in [2.45, 2.75) is 46.2 Å². The Bertz CT molecular complexity index is 433. The summed E-state index contributed by atoms with van der Waals surface area (Å²) >= 11 is 0. The van der Waals surface area contributed by atoms with Gasteiger partial charge >= 0.3 is 0 Å².